The Kier molecular flexibility index (Phi) is 4.84. The molecule has 5 nitrogen and oxygen atoms in total. The van der Waals surface area contributed by atoms with E-state index in [2.05, 4.69) is 15.6 Å². The summed E-state index contributed by atoms with van der Waals surface area (Å²) in [5.74, 6) is -2.27. The van der Waals surface area contributed by atoms with Crippen LogP contribution in [0.3, 0.4) is 0 Å². The van der Waals surface area contributed by atoms with E-state index in [1.165, 1.54) is 12.1 Å². The van der Waals surface area contributed by atoms with Crippen LogP contribution in [0.4, 0.5) is 10.1 Å². The predicted octanol–water partition coefficient (Wildman–Crippen LogP) is 2.13. The maximum absolute atomic E-state index is 13.0. The first-order valence-corrected chi connectivity index (χ1v) is 6.37. The predicted molar refractivity (Wildman–Crippen MR) is 76.1 cm³/mol. The molecule has 0 unspecified atom stereocenters. The largest absolute Gasteiger partial charge is 0.344 e. The zero-order chi connectivity index (χ0) is 15.2. The SMILES string of the molecule is O=C(NCc1cccnc1)C(=O)Nc1ccc(F)c(Cl)c1. The van der Waals surface area contributed by atoms with E-state index in [9.17, 15) is 14.0 Å². The number of hydrogen-bond acceptors (Lipinski definition) is 3. The highest BCUT2D eigenvalue weighted by atomic mass is 35.5. The molecule has 0 fully saturated rings. The number of hydrogen-bond donors (Lipinski definition) is 2. The molecule has 21 heavy (non-hydrogen) atoms. The fraction of sp³-hybridized carbons (Fsp3) is 0.0714. The molecule has 2 N–H and O–H groups in total. The summed E-state index contributed by atoms with van der Waals surface area (Å²) in [4.78, 5) is 27.2. The van der Waals surface area contributed by atoms with Crippen molar-refractivity contribution in [2.45, 2.75) is 6.54 Å². The molecule has 1 heterocycles. The number of halogens is 2. The van der Waals surface area contributed by atoms with Crippen LogP contribution in [0.5, 0.6) is 0 Å². The van der Waals surface area contributed by atoms with Crippen LogP contribution < -0.4 is 10.6 Å². The van der Waals surface area contributed by atoms with Gasteiger partial charge in [-0.25, -0.2) is 4.39 Å². The molecule has 0 aliphatic carbocycles. The highest BCUT2D eigenvalue weighted by Crippen LogP contribution is 2.19. The monoisotopic (exact) mass is 307 g/mol. The van der Waals surface area contributed by atoms with Gasteiger partial charge in [0.1, 0.15) is 5.82 Å². The summed E-state index contributed by atoms with van der Waals surface area (Å²) in [5.41, 5.74) is 1.01. The minimum Gasteiger partial charge on any atom is -0.344 e. The third kappa shape index (κ3) is 4.25. The van der Waals surface area contributed by atoms with Crippen LogP contribution in [0, 0.1) is 5.82 Å². The highest BCUT2D eigenvalue weighted by Gasteiger charge is 2.14. The molecule has 0 spiro atoms. The van der Waals surface area contributed by atoms with E-state index in [1.54, 1.807) is 24.5 Å². The van der Waals surface area contributed by atoms with Crippen molar-refractivity contribution in [2.24, 2.45) is 0 Å². The van der Waals surface area contributed by atoms with E-state index in [4.69, 9.17) is 11.6 Å². The molecule has 2 amide bonds. The van der Waals surface area contributed by atoms with Gasteiger partial charge < -0.3 is 10.6 Å². The Morgan fingerprint density at radius 3 is 2.71 bits per heavy atom. The molecule has 7 heteroatoms. The lowest BCUT2D eigenvalue weighted by molar-refractivity contribution is -0.136. The van der Waals surface area contributed by atoms with Gasteiger partial charge in [-0.2, -0.15) is 0 Å². The molecule has 1 aromatic heterocycles. The lowest BCUT2D eigenvalue weighted by Gasteiger charge is -2.07. The minimum atomic E-state index is -0.860. The van der Waals surface area contributed by atoms with Crippen molar-refractivity contribution >= 4 is 29.1 Å². The molecule has 1 aromatic carbocycles. The summed E-state index contributed by atoms with van der Waals surface area (Å²) < 4.78 is 13.0. The molecule has 0 aliphatic heterocycles. The summed E-state index contributed by atoms with van der Waals surface area (Å²) >= 11 is 5.58. The summed E-state index contributed by atoms with van der Waals surface area (Å²) in [7, 11) is 0. The van der Waals surface area contributed by atoms with E-state index < -0.39 is 17.6 Å². The van der Waals surface area contributed by atoms with E-state index >= 15 is 0 Å². The van der Waals surface area contributed by atoms with Gasteiger partial charge in [0.25, 0.3) is 0 Å². The molecule has 0 aliphatic rings. The fourth-order valence-electron chi connectivity index (χ4n) is 1.53. The first-order chi connectivity index (χ1) is 10.1. The zero-order valence-electron chi connectivity index (χ0n) is 10.8. The molecule has 0 atom stereocenters. The van der Waals surface area contributed by atoms with E-state index in [1.807, 2.05) is 0 Å². The molecule has 2 rings (SSSR count). The Morgan fingerprint density at radius 1 is 1.24 bits per heavy atom. The highest BCUT2D eigenvalue weighted by molar-refractivity contribution is 6.39. The Bertz CT molecular complexity index is 665. The number of nitrogens with zero attached hydrogens (tertiary/aromatic N) is 1. The summed E-state index contributed by atoms with van der Waals surface area (Å²) in [6.07, 6.45) is 3.19. The van der Waals surface area contributed by atoms with Gasteiger partial charge in [0.2, 0.25) is 0 Å². The van der Waals surface area contributed by atoms with Gasteiger partial charge in [-0.05, 0) is 29.8 Å². The van der Waals surface area contributed by atoms with Crippen LogP contribution in [0.25, 0.3) is 0 Å². The number of carbonyl (C=O) groups excluding carboxylic acids is 2. The Balaban J connectivity index is 1.90. The van der Waals surface area contributed by atoms with Crippen molar-refractivity contribution < 1.29 is 14.0 Å². The number of aromatic nitrogens is 1. The van der Waals surface area contributed by atoms with Crippen molar-refractivity contribution in [3.63, 3.8) is 0 Å². The van der Waals surface area contributed by atoms with Crippen LogP contribution >= 0.6 is 11.6 Å². The molecular formula is C14H11ClFN3O2. The number of anilines is 1. The average molecular weight is 308 g/mol. The van der Waals surface area contributed by atoms with E-state index in [0.29, 0.717) is 0 Å². The van der Waals surface area contributed by atoms with Gasteiger partial charge in [0.15, 0.2) is 0 Å². The van der Waals surface area contributed by atoms with Gasteiger partial charge in [-0.3, -0.25) is 14.6 Å². The summed E-state index contributed by atoms with van der Waals surface area (Å²) in [6.45, 7) is 0.185. The van der Waals surface area contributed by atoms with Gasteiger partial charge >= 0.3 is 11.8 Å². The van der Waals surface area contributed by atoms with E-state index in [0.717, 1.165) is 11.6 Å². The van der Waals surface area contributed by atoms with Gasteiger partial charge in [-0.1, -0.05) is 17.7 Å². The molecule has 2 aromatic rings. The van der Waals surface area contributed by atoms with Crippen LogP contribution in [-0.4, -0.2) is 16.8 Å². The molecule has 0 bridgehead atoms. The number of benzene rings is 1. The second-order valence-corrected chi connectivity index (χ2v) is 4.53. The topological polar surface area (TPSA) is 71.1 Å². The van der Waals surface area contributed by atoms with E-state index in [-0.39, 0.29) is 17.3 Å². The number of pyridine rings is 1. The van der Waals surface area contributed by atoms with Crippen LogP contribution in [0.15, 0.2) is 42.7 Å². The third-order valence-electron chi connectivity index (χ3n) is 2.56. The van der Waals surface area contributed by atoms with Gasteiger partial charge in [-0.15, -0.1) is 0 Å². The molecule has 0 saturated heterocycles. The van der Waals surface area contributed by atoms with Crippen LogP contribution in [-0.2, 0) is 16.1 Å². The first-order valence-electron chi connectivity index (χ1n) is 5.99. The molecule has 108 valence electrons. The quantitative estimate of drug-likeness (QED) is 0.853. The molecular weight excluding hydrogens is 297 g/mol. The van der Waals surface area contributed by atoms with Gasteiger partial charge in [0, 0.05) is 24.6 Å². The smallest absolute Gasteiger partial charge is 0.313 e. The number of carbonyl (C=O) groups is 2. The number of rotatable bonds is 3. The van der Waals surface area contributed by atoms with Crippen molar-refractivity contribution in [3.05, 3.63) is 59.1 Å². The minimum absolute atomic E-state index is 0.136. The number of nitrogens with one attached hydrogen (secondary N) is 2. The summed E-state index contributed by atoms with van der Waals surface area (Å²) in [5, 5.41) is 4.64. The number of amides is 2. The second kappa shape index (κ2) is 6.81. The van der Waals surface area contributed by atoms with Crippen LogP contribution in [0.1, 0.15) is 5.56 Å². The Morgan fingerprint density at radius 2 is 2.05 bits per heavy atom. The van der Waals surface area contributed by atoms with Crippen molar-refractivity contribution in [1.29, 1.82) is 0 Å². The van der Waals surface area contributed by atoms with Crippen molar-refractivity contribution in [3.8, 4) is 0 Å². The summed E-state index contributed by atoms with van der Waals surface area (Å²) in [6, 6.07) is 7.13. The second-order valence-electron chi connectivity index (χ2n) is 4.13. The van der Waals surface area contributed by atoms with Crippen LogP contribution in [0.2, 0.25) is 5.02 Å². The Labute approximate surface area is 125 Å². The molecule has 0 saturated carbocycles. The Hall–Kier alpha value is -2.47. The lowest BCUT2D eigenvalue weighted by atomic mass is 10.3. The normalized spacial score (nSPS) is 10.0. The zero-order valence-corrected chi connectivity index (χ0v) is 11.5. The third-order valence-corrected chi connectivity index (χ3v) is 2.85. The maximum atomic E-state index is 13.0. The lowest BCUT2D eigenvalue weighted by Crippen LogP contribution is -2.34. The van der Waals surface area contributed by atoms with Crippen molar-refractivity contribution in [1.82, 2.24) is 10.3 Å². The molecule has 0 radical (unpaired) electrons. The standard InChI is InChI=1S/C14H11ClFN3O2/c15-11-6-10(3-4-12(11)16)19-14(21)13(20)18-8-9-2-1-5-17-7-9/h1-7H,8H2,(H,18,20)(H,19,21). The average Bonchev–Trinajstić information content (AvgIpc) is 2.49. The van der Waals surface area contributed by atoms with Gasteiger partial charge in [0.05, 0.1) is 5.02 Å². The maximum Gasteiger partial charge on any atom is 0.313 e. The van der Waals surface area contributed by atoms with Crippen molar-refractivity contribution in [2.75, 3.05) is 5.32 Å². The first kappa shape index (κ1) is 14.9. The fourth-order valence-corrected chi connectivity index (χ4v) is 1.71.